The smallest absolute Gasteiger partial charge is 0.407 e. The number of alkyl carbamates (subject to hydrolysis) is 1. The second-order valence-corrected chi connectivity index (χ2v) is 6.44. The number of hydrogen-bond acceptors (Lipinski definition) is 4. The average Bonchev–Trinajstić information content (AvgIpc) is 3.05. The van der Waals surface area contributed by atoms with Gasteiger partial charge in [-0.1, -0.05) is 60.7 Å². The third-order valence-corrected chi connectivity index (χ3v) is 4.75. The highest BCUT2D eigenvalue weighted by Gasteiger charge is 2.28. The minimum Gasteiger partial charge on any atom is -0.449 e. The molecule has 4 rings (SSSR count). The van der Waals surface area contributed by atoms with E-state index in [-0.39, 0.29) is 24.6 Å². The zero-order valence-corrected chi connectivity index (χ0v) is 15.1. The van der Waals surface area contributed by atoms with Crippen LogP contribution in [0.4, 0.5) is 4.79 Å². The fourth-order valence-electron chi connectivity index (χ4n) is 3.45. The predicted octanol–water partition coefficient (Wildman–Crippen LogP) is 3.32. The second-order valence-electron chi connectivity index (χ2n) is 6.44. The standard InChI is InChI=1S/C22H19N3O3/c26-21-15(12-23-14-25-21)6-5-11-24-22(27)28-13-20-18-9-3-1-7-16(18)17-8-2-4-10-19(17)20/h1-10,12,14,20H,11,13H2,(H,24,27)(H,23,25,26). The van der Waals surface area contributed by atoms with Gasteiger partial charge in [0.05, 0.1) is 11.9 Å². The molecule has 0 atom stereocenters. The molecule has 0 aliphatic heterocycles. The van der Waals surface area contributed by atoms with E-state index >= 15 is 0 Å². The Balaban J connectivity index is 1.35. The molecule has 0 saturated carbocycles. The first kappa shape index (κ1) is 17.7. The molecule has 1 aliphatic rings. The molecule has 1 aliphatic carbocycles. The molecule has 0 bridgehead atoms. The van der Waals surface area contributed by atoms with E-state index in [1.165, 1.54) is 34.8 Å². The number of H-pyrrole nitrogens is 1. The van der Waals surface area contributed by atoms with Gasteiger partial charge in [-0.2, -0.15) is 0 Å². The Labute approximate surface area is 161 Å². The van der Waals surface area contributed by atoms with E-state index in [0.29, 0.717) is 5.56 Å². The highest BCUT2D eigenvalue weighted by atomic mass is 16.5. The first-order chi connectivity index (χ1) is 13.7. The van der Waals surface area contributed by atoms with Crippen LogP contribution >= 0.6 is 0 Å². The summed E-state index contributed by atoms with van der Waals surface area (Å²) < 4.78 is 5.45. The third-order valence-electron chi connectivity index (χ3n) is 4.75. The van der Waals surface area contributed by atoms with Crippen molar-refractivity contribution < 1.29 is 9.53 Å². The summed E-state index contributed by atoms with van der Waals surface area (Å²) in [4.78, 5) is 29.9. The fourth-order valence-corrected chi connectivity index (χ4v) is 3.45. The Bertz CT molecular complexity index is 1040. The number of carbonyl (C=O) groups excluding carboxylic acids is 1. The van der Waals surface area contributed by atoms with Gasteiger partial charge in [-0.05, 0) is 22.3 Å². The van der Waals surface area contributed by atoms with Crippen molar-refractivity contribution in [1.29, 1.82) is 0 Å². The van der Waals surface area contributed by atoms with Crippen LogP contribution in [0.15, 0.2) is 71.9 Å². The van der Waals surface area contributed by atoms with Gasteiger partial charge in [0.15, 0.2) is 0 Å². The maximum absolute atomic E-state index is 12.1. The van der Waals surface area contributed by atoms with Crippen molar-refractivity contribution in [1.82, 2.24) is 15.3 Å². The van der Waals surface area contributed by atoms with Crippen LogP contribution in [0.25, 0.3) is 17.2 Å². The first-order valence-electron chi connectivity index (χ1n) is 9.02. The van der Waals surface area contributed by atoms with Crippen LogP contribution in [0.1, 0.15) is 22.6 Å². The summed E-state index contributed by atoms with van der Waals surface area (Å²) in [5.74, 6) is 0.0302. The number of aromatic nitrogens is 2. The highest BCUT2D eigenvalue weighted by Crippen LogP contribution is 2.44. The van der Waals surface area contributed by atoms with Gasteiger partial charge in [-0.25, -0.2) is 9.78 Å². The number of ether oxygens (including phenoxy) is 1. The van der Waals surface area contributed by atoms with E-state index in [9.17, 15) is 9.59 Å². The summed E-state index contributed by atoms with van der Waals surface area (Å²) in [6, 6.07) is 16.4. The highest BCUT2D eigenvalue weighted by molar-refractivity contribution is 5.79. The summed E-state index contributed by atoms with van der Waals surface area (Å²) in [5.41, 5.74) is 4.93. The molecule has 140 valence electrons. The van der Waals surface area contributed by atoms with E-state index in [1.54, 1.807) is 12.2 Å². The number of fused-ring (bicyclic) bond motifs is 3. The van der Waals surface area contributed by atoms with Gasteiger partial charge in [0.25, 0.3) is 5.56 Å². The molecule has 0 radical (unpaired) electrons. The molecule has 1 heterocycles. The molecule has 1 aromatic heterocycles. The SMILES string of the molecule is O=C(NCC=Cc1cnc[nH]c1=O)OCC1c2ccccc2-c2ccccc21. The average molecular weight is 373 g/mol. The topological polar surface area (TPSA) is 84.1 Å². The molecular formula is C22H19N3O3. The minimum atomic E-state index is -0.494. The molecule has 2 N–H and O–H groups in total. The number of aromatic amines is 1. The van der Waals surface area contributed by atoms with Gasteiger partial charge in [0.2, 0.25) is 0 Å². The maximum atomic E-state index is 12.1. The van der Waals surface area contributed by atoms with Gasteiger partial charge < -0.3 is 15.0 Å². The maximum Gasteiger partial charge on any atom is 0.407 e. The van der Waals surface area contributed by atoms with Gasteiger partial charge in [0, 0.05) is 18.7 Å². The minimum absolute atomic E-state index is 0.0302. The van der Waals surface area contributed by atoms with Crippen molar-refractivity contribution in [2.75, 3.05) is 13.2 Å². The van der Waals surface area contributed by atoms with Crippen molar-refractivity contribution in [3.8, 4) is 11.1 Å². The second kappa shape index (κ2) is 7.92. The molecule has 1 amide bonds. The third kappa shape index (κ3) is 3.57. The first-order valence-corrected chi connectivity index (χ1v) is 9.02. The summed E-state index contributed by atoms with van der Waals surface area (Å²) in [6.45, 7) is 0.525. The fraction of sp³-hybridized carbons (Fsp3) is 0.136. The molecule has 3 aromatic rings. The molecule has 28 heavy (non-hydrogen) atoms. The Morgan fingerprint density at radius 2 is 1.79 bits per heavy atom. The molecule has 0 fully saturated rings. The van der Waals surface area contributed by atoms with Crippen LogP contribution in [-0.4, -0.2) is 29.2 Å². The quantitative estimate of drug-likeness (QED) is 0.719. The summed E-state index contributed by atoms with van der Waals surface area (Å²) in [6.07, 6.45) is 5.58. The Morgan fingerprint density at radius 3 is 2.46 bits per heavy atom. The van der Waals surface area contributed by atoms with Crippen LogP contribution in [0.5, 0.6) is 0 Å². The van der Waals surface area contributed by atoms with E-state index in [2.05, 4.69) is 39.6 Å². The van der Waals surface area contributed by atoms with Crippen molar-refractivity contribution in [2.45, 2.75) is 5.92 Å². The molecule has 0 saturated heterocycles. The molecule has 2 aromatic carbocycles. The lowest BCUT2D eigenvalue weighted by atomic mass is 9.98. The number of nitrogens with one attached hydrogen (secondary N) is 2. The Morgan fingerprint density at radius 1 is 1.11 bits per heavy atom. The molecule has 6 nitrogen and oxygen atoms in total. The lowest BCUT2D eigenvalue weighted by Crippen LogP contribution is -2.26. The van der Waals surface area contributed by atoms with Crippen LogP contribution in [0.2, 0.25) is 0 Å². The van der Waals surface area contributed by atoms with Crippen LogP contribution in [0, 0.1) is 0 Å². The van der Waals surface area contributed by atoms with Crippen molar-refractivity contribution in [3.05, 3.63) is 94.2 Å². The summed E-state index contributed by atoms with van der Waals surface area (Å²) >= 11 is 0. The van der Waals surface area contributed by atoms with Gasteiger partial charge in [-0.15, -0.1) is 0 Å². The van der Waals surface area contributed by atoms with Gasteiger partial charge >= 0.3 is 6.09 Å². The van der Waals surface area contributed by atoms with Crippen LogP contribution in [-0.2, 0) is 4.74 Å². The number of rotatable bonds is 5. The predicted molar refractivity (Wildman–Crippen MR) is 107 cm³/mol. The van der Waals surface area contributed by atoms with E-state index in [1.807, 2.05) is 24.3 Å². The normalized spacial score (nSPS) is 12.6. The lowest BCUT2D eigenvalue weighted by Gasteiger charge is -2.14. The van der Waals surface area contributed by atoms with Crippen molar-refractivity contribution in [3.63, 3.8) is 0 Å². The number of nitrogens with zero attached hydrogens (tertiary/aromatic N) is 1. The van der Waals surface area contributed by atoms with Crippen LogP contribution < -0.4 is 10.9 Å². The molecule has 0 unspecified atom stereocenters. The number of hydrogen-bond donors (Lipinski definition) is 2. The molecule has 6 heteroatoms. The van der Waals surface area contributed by atoms with Crippen LogP contribution in [0.3, 0.4) is 0 Å². The zero-order valence-electron chi connectivity index (χ0n) is 15.1. The summed E-state index contributed by atoms with van der Waals surface area (Å²) in [5, 5.41) is 2.66. The Kier molecular flexibility index (Phi) is 5.01. The monoisotopic (exact) mass is 373 g/mol. The number of carbonyl (C=O) groups is 1. The van der Waals surface area contributed by atoms with E-state index in [4.69, 9.17) is 4.74 Å². The van der Waals surface area contributed by atoms with Crippen molar-refractivity contribution >= 4 is 12.2 Å². The number of benzene rings is 2. The molecule has 0 spiro atoms. The van der Waals surface area contributed by atoms with Gasteiger partial charge in [0.1, 0.15) is 6.61 Å². The van der Waals surface area contributed by atoms with Crippen molar-refractivity contribution in [2.24, 2.45) is 0 Å². The number of amides is 1. The summed E-state index contributed by atoms with van der Waals surface area (Å²) in [7, 11) is 0. The van der Waals surface area contributed by atoms with Gasteiger partial charge in [-0.3, -0.25) is 4.79 Å². The van der Waals surface area contributed by atoms with E-state index < -0.39 is 6.09 Å². The lowest BCUT2D eigenvalue weighted by molar-refractivity contribution is 0.144. The largest absolute Gasteiger partial charge is 0.449 e. The van der Waals surface area contributed by atoms with E-state index in [0.717, 1.165) is 0 Å². The molecular weight excluding hydrogens is 354 g/mol. The Hall–Kier alpha value is -3.67. The zero-order chi connectivity index (χ0) is 19.3.